The molecule has 0 radical (unpaired) electrons. The summed E-state index contributed by atoms with van der Waals surface area (Å²) < 4.78 is 5.59. The van der Waals surface area contributed by atoms with Crippen LogP contribution in [-0.4, -0.2) is 11.0 Å². The molecule has 2 rings (SSSR count). The molecule has 0 unspecified atom stereocenters. The summed E-state index contributed by atoms with van der Waals surface area (Å²) in [5.74, 6) is 1.80. The van der Waals surface area contributed by atoms with Crippen LogP contribution >= 0.6 is 0 Å². The van der Waals surface area contributed by atoms with Crippen LogP contribution in [0.5, 0.6) is 0 Å². The number of aryl methyl sites for hydroxylation is 1. The molecule has 1 aliphatic carbocycles. The Morgan fingerprint density at radius 3 is 2.71 bits per heavy atom. The Balaban J connectivity index is 1.75. The molecule has 1 aliphatic rings. The quantitative estimate of drug-likeness (QED) is 0.871. The Hall–Kier alpha value is -0.830. The van der Waals surface area contributed by atoms with Crippen molar-refractivity contribution in [1.29, 1.82) is 0 Å². The molecule has 96 valence electrons. The molecular weight excluding hydrogens is 212 g/mol. The first-order chi connectivity index (χ1) is 8.09. The molecule has 3 heteroatoms. The third kappa shape index (κ3) is 3.56. The Kier molecular flexibility index (Phi) is 3.87. The number of nitrogens with one attached hydrogen (secondary N) is 1. The smallest absolute Gasteiger partial charge is 0.208 e. The molecule has 1 fully saturated rings. The molecule has 17 heavy (non-hydrogen) atoms. The summed E-state index contributed by atoms with van der Waals surface area (Å²) in [6, 6.07) is 0.639. The minimum absolute atomic E-state index is 0.538. The lowest BCUT2D eigenvalue weighted by Gasteiger charge is -2.34. The van der Waals surface area contributed by atoms with E-state index in [1.54, 1.807) is 0 Å². The lowest BCUT2D eigenvalue weighted by Crippen LogP contribution is -2.35. The largest absolute Gasteiger partial charge is 0.444 e. The van der Waals surface area contributed by atoms with Crippen LogP contribution in [-0.2, 0) is 13.0 Å². The van der Waals surface area contributed by atoms with Crippen LogP contribution in [0.2, 0.25) is 0 Å². The average molecular weight is 236 g/mol. The van der Waals surface area contributed by atoms with E-state index in [9.17, 15) is 0 Å². The summed E-state index contributed by atoms with van der Waals surface area (Å²) in [6.45, 7) is 7.59. The van der Waals surface area contributed by atoms with Crippen LogP contribution < -0.4 is 5.32 Å². The van der Waals surface area contributed by atoms with Gasteiger partial charge in [-0.15, -0.1) is 0 Å². The number of oxazole rings is 1. The van der Waals surface area contributed by atoms with Gasteiger partial charge in [-0.2, -0.15) is 0 Å². The van der Waals surface area contributed by atoms with E-state index in [0.29, 0.717) is 11.5 Å². The lowest BCUT2D eigenvalue weighted by atomic mass is 9.75. The van der Waals surface area contributed by atoms with Crippen molar-refractivity contribution in [1.82, 2.24) is 10.3 Å². The zero-order valence-corrected chi connectivity index (χ0v) is 11.3. The van der Waals surface area contributed by atoms with Crippen molar-refractivity contribution in [2.24, 2.45) is 5.41 Å². The molecule has 0 saturated heterocycles. The molecule has 0 atom stereocenters. The van der Waals surface area contributed by atoms with E-state index in [1.807, 2.05) is 6.20 Å². The number of rotatable bonds is 4. The monoisotopic (exact) mass is 236 g/mol. The minimum Gasteiger partial charge on any atom is -0.444 e. The van der Waals surface area contributed by atoms with Crippen molar-refractivity contribution in [3.63, 3.8) is 0 Å². The van der Waals surface area contributed by atoms with Gasteiger partial charge in [-0.1, -0.05) is 20.8 Å². The number of hydrogen-bond acceptors (Lipinski definition) is 3. The molecule has 1 aromatic heterocycles. The van der Waals surface area contributed by atoms with Crippen LogP contribution in [0.25, 0.3) is 0 Å². The van der Waals surface area contributed by atoms with Crippen molar-refractivity contribution in [2.45, 2.75) is 65.5 Å². The predicted octanol–water partition coefficient (Wildman–Crippen LogP) is 3.30. The van der Waals surface area contributed by atoms with Gasteiger partial charge in [-0.25, -0.2) is 4.98 Å². The molecular formula is C14H24N2O. The number of nitrogens with zero attached hydrogens (tertiary/aromatic N) is 1. The van der Waals surface area contributed by atoms with Crippen LogP contribution in [0.3, 0.4) is 0 Å². The van der Waals surface area contributed by atoms with Crippen LogP contribution in [0.4, 0.5) is 0 Å². The summed E-state index contributed by atoms with van der Waals surface area (Å²) in [5.41, 5.74) is 0.538. The molecule has 3 nitrogen and oxygen atoms in total. The van der Waals surface area contributed by atoms with Crippen LogP contribution in [0.15, 0.2) is 10.6 Å². The van der Waals surface area contributed by atoms with Crippen LogP contribution in [0, 0.1) is 5.41 Å². The van der Waals surface area contributed by atoms with E-state index in [-0.39, 0.29) is 0 Å². The molecule has 1 aromatic rings. The van der Waals surface area contributed by atoms with Gasteiger partial charge in [0.1, 0.15) is 5.76 Å². The molecule has 0 bridgehead atoms. The maximum atomic E-state index is 5.59. The molecule has 0 spiro atoms. The van der Waals surface area contributed by atoms with Crippen molar-refractivity contribution in [3.05, 3.63) is 17.8 Å². The summed E-state index contributed by atoms with van der Waals surface area (Å²) >= 11 is 0. The number of hydrogen-bond donors (Lipinski definition) is 1. The Morgan fingerprint density at radius 2 is 2.12 bits per heavy atom. The first-order valence-corrected chi connectivity index (χ1v) is 6.76. The van der Waals surface area contributed by atoms with Gasteiger partial charge in [0.15, 0.2) is 0 Å². The second-order valence-corrected chi connectivity index (χ2v) is 5.89. The molecule has 1 N–H and O–H groups in total. The van der Waals surface area contributed by atoms with E-state index in [1.165, 1.54) is 25.7 Å². The van der Waals surface area contributed by atoms with E-state index >= 15 is 0 Å². The Bertz CT molecular complexity index is 347. The fraction of sp³-hybridized carbons (Fsp3) is 0.786. The van der Waals surface area contributed by atoms with Gasteiger partial charge in [-0.3, -0.25) is 0 Å². The third-order valence-electron chi connectivity index (χ3n) is 3.83. The van der Waals surface area contributed by atoms with Crippen molar-refractivity contribution in [2.75, 3.05) is 0 Å². The second kappa shape index (κ2) is 5.21. The second-order valence-electron chi connectivity index (χ2n) is 5.89. The van der Waals surface area contributed by atoms with Gasteiger partial charge in [0.05, 0.1) is 12.7 Å². The van der Waals surface area contributed by atoms with E-state index in [4.69, 9.17) is 4.42 Å². The SMILES string of the molecule is CCc1cnc(CNC2CCC(C)(C)CC2)o1. The molecule has 0 aliphatic heterocycles. The fourth-order valence-electron chi connectivity index (χ4n) is 2.43. The van der Waals surface area contributed by atoms with Gasteiger partial charge in [0.25, 0.3) is 0 Å². The van der Waals surface area contributed by atoms with Gasteiger partial charge >= 0.3 is 0 Å². The normalized spacial score (nSPS) is 20.6. The Labute approximate surface area is 104 Å². The van der Waals surface area contributed by atoms with Crippen LogP contribution in [0.1, 0.15) is 58.1 Å². The Morgan fingerprint density at radius 1 is 1.41 bits per heavy atom. The van der Waals surface area contributed by atoms with Gasteiger partial charge in [-0.05, 0) is 31.1 Å². The molecule has 1 saturated carbocycles. The van der Waals surface area contributed by atoms with Gasteiger partial charge < -0.3 is 9.73 Å². The molecule has 0 aromatic carbocycles. The van der Waals surface area contributed by atoms with Gasteiger partial charge in [0.2, 0.25) is 5.89 Å². The van der Waals surface area contributed by atoms with Gasteiger partial charge in [0, 0.05) is 12.5 Å². The number of aromatic nitrogens is 1. The van der Waals surface area contributed by atoms with Crippen molar-refractivity contribution >= 4 is 0 Å². The van der Waals surface area contributed by atoms with E-state index < -0.39 is 0 Å². The topological polar surface area (TPSA) is 38.1 Å². The van der Waals surface area contributed by atoms with E-state index in [0.717, 1.165) is 24.6 Å². The predicted molar refractivity (Wildman–Crippen MR) is 68.8 cm³/mol. The molecule has 0 amide bonds. The summed E-state index contributed by atoms with van der Waals surface area (Å²) in [7, 11) is 0. The highest BCUT2D eigenvalue weighted by Crippen LogP contribution is 2.35. The summed E-state index contributed by atoms with van der Waals surface area (Å²) in [6.07, 6.45) is 7.93. The highest BCUT2D eigenvalue weighted by molar-refractivity contribution is 4.94. The maximum absolute atomic E-state index is 5.59. The first kappa shape index (κ1) is 12.6. The molecule has 1 heterocycles. The average Bonchev–Trinajstić information content (AvgIpc) is 2.75. The zero-order valence-electron chi connectivity index (χ0n) is 11.3. The lowest BCUT2D eigenvalue weighted by molar-refractivity contribution is 0.203. The zero-order chi connectivity index (χ0) is 12.3. The fourth-order valence-corrected chi connectivity index (χ4v) is 2.43. The first-order valence-electron chi connectivity index (χ1n) is 6.76. The summed E-state index contributed by atoms with van der Waals surface area (Å²) in [5, 5.41) is 3.56. The minimum atomic E-state index is 0.538. The maximum Gasteiger partial charge on any atom is 0.208 e. The standard InChI is InChI=1S/C14H24N2O/c1-4-12-9-16-13(17-12)10-15-11-5-7-14(2,3)8-6-11/h9,11,15H,4-8,10H2,1-3H3. The highest BCUT2D eigenvalue weighted by Gasteiger charge is 2.26. The van der Waals surface area contributed by atoms with E-state index in [2.05, 4.69) is 31.1 Å². The highest BCUT2D eigenvalue weighted by atomic mass is 16.4. The third-order valence-corrected chi connectivity index (χ3v) is 3.83. The van der Waals surface area contributed by atoms with Crippen molar-refractivity contribution in [3.8, 4) is 0 Å². The summed E-state index contributed by atoms with van der Waals surface area (Å²) in [4.78, 5) is 4.27. The van der Waals surface area contributed by atoms with Crippen molar-refractivity contribution < 1.29 is 4.42 Å².